The average Bonchev–Trinajstić information content (AvgIpc) is 3.30. The van der Waals surface area contributed by atoms with Crippen LogP contribution in [-0.2, 0) is 24.9 Å². The zero-order chi connectivity index (χ0) is 28.6. The van der Waals surface area contributed by atoms with Crippen LogP contribution in [0.1, 0.15) is 19.8 Å². The van der Waals surface area contributed by atoms with Gasteiger partial charge in [0.15, 0.2) is 22.7 Å². The lowest BCUT2D eigenvalue weighted by Crippen LogP contribution is -2.44. The van der Waals surface area contributed by atoms with Crippen LogP contribution in [0.5, 0.6) is 5.75 Å². The van der Waals surface area contributed by atoms with Gasteiger partial charge in [-0.15, -0.1) is 5.92 Å². The maximum Gasteiger partial charge on any atom is 0.332 e. The molecule has 0 spiro atoms. The molecule has 0 radical (unpaired) electrons. The van der Waals surface area contributed by atoms with E-state index in [4.69, 9.17) is 5.73 Å². The first-order valence-electron chi connectivity index (χ1n) is 11.7. The number of nitrogens with two attached hydrogens (primary N) is 1. The molecule has 3 aromatic rings. The third-order valence-corrected chi connectivity index (χ3v) is 6.25. The van der Waals surface area contributed by atoms with Crippen LogP contribution in [0.25, 0.3) is 11.2 Å². The molecule has 1 unspecified atom stereocenters. The zero-order valence-electron chi connectivity index (χ0n) is 20.9. The molecule has 10 nitrogen and oxygen atoms in total. The van der Waals surface area contributed by atoms with E-state index in [1.54, 1.807) is 6.92 Å². The molecule has 15 heteroatoms. The highest BCUT2D eigenvalue weighted by Gasteiger charge is 2.29. The molecule has 39 heavy (non-hydrogen) atoms. The van der Waals surface area contributed by atoms with E-state index < -0.39 is 65.0 Å². The normalized spacial score (nSPS) is 15.4. The van der Waals surface area contributed by atoms with Crippen molar-refractivity contribution in [1.82, 2.24) is 18.7 Å². The third-order valence-electron chi connectivity index (χ3n) is 6.25. The molecule has 4 rings (SSSR count). The van der Waals surface area contributed by atoms with Crippen molar-refractivity contribution >= 4 is 22.9 Å². The second kappa shape index (κ2) is 10.9. The fraction of sp³-hybridized carbons (Fsp3) is 0.417. The number of carbonyl (C=O) groups is 1. The van der Waals surface area contributed by atoms with E-state index in [-0.39, 0.29) is 23.8 Å². The lowest BCUT2D eigenvalue weighted by atomic mass is 10.1. The summed E-state index contributed by atoms with van der Waals surface area (Å²) < 4.78 is 75.5. The number of hydrogen-bond acceptors (Lipinski definition) is 7. The summed E-state index contributed by atoms with van der Waals surface area (Å²) >= 11 is 0. The Bertz CT molecular complexity index is 1620. The first kappa shape index (κ1) is 27.8. The van der Waals surface area contributed by atoms with Crippen LogP contribution in [0, 0.1) is 40.9 Å². The van der Waals surface area contributed by atoms with Crippen LogP contribution < -0.4 is 26.6 Å². The number of aryl methyl sites for hydroxylation is 1. The van der Waals surface area contributed by atoms with E-state index in [1.165, 1.54) is 11.6 Å². The number of aromatic nitrogens is 4. The Morgan fingerprint density at radius 3 is 2.33 bits per heavy atom. The summed E-state index contributed by atoms with van der Waals surface area (Å²) in [5.41, 5.74) is 4.29. The van der Waals surface area contributed by atoms with Crippen molar-refractivity contribution in [1.29, 1.82) is 0 Å². The van der Waals surface area contributed by atoms with E-state index in [0.717, 1.165) is 17.4 Å². The Morgan fingerprint density at radius 1 is 1.08 bits per heavy atom. The summed E-state index contributed by atoms with van der Waals surface area (Å²) in [5.74, 6) is -8.18. The molecule has 1 aromatic carbocycles. The molecule has 208 valence electrons. The highest BCUT2D eigenvalue weighted by atomic mass is 19.2. The highest BCUT2D eigenvalue weighted by molar-refractivity contribution is 5.80. The number of rotatable bonds is 7. The van der Waals surface area contributed by atoms with Crippen molar-refractivity contribution in [3.8, 4) is 17.6 Å². The van der Waals surface area contributed by atoms with Crippen molar-refractivity contribution < 1.29 is 31.5 Å². The first-order valence-corrected chi connectivity index (χ1v) is 11.7. The molecule has 0 amide bonds. The minimum atomic E-state index is -2.39. The molecule has 1 aliphatic heterocycles. The number of fused-ring (bicyclic) bond motifs is 1. The molecule has 1 aliphatic rings. The minimum absolute atomic E-state index is 0.0255. The Hall–Kier alpha value is -4.19. The number of Topliss-reactive ketones (excluding diaryl/α,β-unsaturated/α-hetero) is 1. The maximum absolute atomic E-state index is 13.9. The van der Waals surface area contributed by atoms with Gasteiger partial charge in [-0.25, -0.2) is 18.0 Å². The smallest absolute Gasteiger partial charge is 0.332 e. The quantitative estimate of drug-likeness (QED) is 0.202. The largest absolute Gasteiger partial charge is 0.479 e. The number of anilines is 1. The monoisotopic (exact) mass is 554 g/mol. The number of ether oxygens (including phenoxy) is 1. The van der Waals surface area contributed by atoms with E-state index in [9.17, 15) is 36.3 Å². The molecular formula is C24H23F5N6O4. The molecule has 1 fully saturated rings. The lowest BCUT2D eigenvalue weighted by molar-refractivity contribution is -0.121. The minimum Gasteiger partial charge on any atom is -0.479 e. The van der Waals surface area contributed by atoms with Gasteiger partial charge in [-0.2, -0.15) is 13.8 Å². The number of piperidine rings is 1. The standard InChI is InChI=1S/C24H23F5N6O4/c1-3-4-8-34-19-21(31-23(34)33-7-5-6-12(30)9-33)32(2)24(38)35(22(19)37)10-13(36)11-39-20-17(28)15(26)14(25)16(27)18(20)29/h12H,5-11,30H2,1-2H3. The summed E-state index contributed by atoms with van der Waals surface area (Å²) in [7, 11) is 1.34. The van der Waals surface area contributed by atoms with Gasteiger partial charge in [0.05, 0.1) is 13.1 Å². The third kappa shape index (κ3) is 4.99. The Labute approximate surface area is 217 Å². The molecule has 0 saturated carbocycles. The summed E-state index contributed by atoms with van der Waals surface area (Å²) in [6.45, 7) is 0.602. The fourth-order valence-corrected chi connectivity index (χ4v) is 4.33. The SMILES string of the molecule is CC#CCn1c(N2CCCC(N)C2)nc2c1c(=O)n(CC(=O)COc1c(F)c(F)c(F)c(F)c1F)c(=O)n2C. The molecule has 2 aromatic heterocycles. The molecular weight excluding hydrogens is 531 g/mol. The average molecular weight is 554 g/mol. The van der Waals surface area contributed by atoms with Crippen LogP contribution in [0.4, 0.5) is 27.9 Å². The van der Waals surface area contributed by atoms with Crippen LogP contribution in [0.3, 0.4) is 0 Å². The van der Waals surface area contributed by atoms with Gasteiger partial charge in [0.2, 0.25) is 35.0 Å². The van der Waals surface area contributed by atoms with Crippen molar-refractivity contribution in [3.63, 3.8) is 0 Å². The van der Waals surface area contributed by atoms with Crippen molar-refractivity contribution in [2.45, 2.75) is 38.9 Å². The number of benzene rings is 1. The van der Waals surface area contributed by atoms with E-state index in [2.05, 4.69) is 21.6 Å². The predicted octanol–water partition coefficient (Wildman–Crippen LogP) is 1.19. The Morgan fingerprint density at radius 2 is 1.72 bits per heavy atom. The summed E-state index contributed by atoms with van der Waals surface area (Å²) in [6.07, 6.45) is 1.59. The van der Waals surface area contributed by atoms with E-state index >= 15 is 0 Å². The van der Waals surface area contributed by atoms with Crippen molar-refractivity contribution in [3.05, 3.63) is 49.9 Å². The van der Waals surface area contributed by atoms with Gasteiger partial charge in [-0.1, -0.05) is 5.92 Å². The molecule has 1 atom stereocenters. The number of hydrogen-bond donors (Lipinski definition) is 1. The Kier molecular flexibility index (Phi) is 7.77. The Balaban J connectivity index is 1.71. The number of halogens is 5. The molecule has 0 bridgehead atoms. The van der Waals surface area contributed by atoms with E-state index in [0.29, 0.717) is 23.6 Å². The lowest BCUT2D eigenvalue weighted by Gasteiger charge is -2.31. The molecule has 3 heterocycles. The van der Waals surface area contributed by atoms with Crippen LogP contribution in [-0.4, -0.2) is 50.2 Å². The van der Waals surface area contributed by atoms with Crippen LogP contribution >= 0.6 is 0 Å². The second-order valence-electron chi connectivity index (χ2n) is 8.90. The number of nitrogens with zero attached hydrogens (tertiary/aromatic N) is 5. The summed E-state index contributed by atoms with van der Waals surface area (Å²) in [4.78, 5) is 45.3. The summed E-state index contributed by atoms with van der Waals surface area (Å²) in [6, 6.07) is -0.125. The van der Waals surface area contributed by atoms with Crippen LogP contribution in [0.2, 0.25) is 0 Å². The topological polar surface area (TPSA) is 117 Å². The summed E-state index contributed by atoms with van der Waals surface area (Å²) in [5, 5.41) is 0. The van der Waals surface area contributed by atoms with Crippen molar-refractivity contribution in [2.24, 2.45) is 12.8 Å². The van der Waals surface area contributed by atoms with Gasteiger partial charge in [0.25, 0.3) is 5.56 Å². The number of imidazole rings is 1. The highest BCUT2D eigenvalue weighted by Crippen LogP contribution is 2.29. The van der Waals surface area contributed by atoms with Gasteiger partial charge in [-0.05, 0) is 19.8 Å². The fourth-order valence-electron chi connectivity index (χ4n) is 4.33. The molecule has 1 saturated heterocycles. The number of ketones is 1. The molecule has 0 aliphatic carbocycles. The molecule has 2 N–H and O–H groups in total. The van der Waals surface area contributed by atoms with Crippen molar-refractivity contribution in [2.75, 3.05) is 24.6 Å². The maximum atomic E-state index is 13.9. The van der Waals surface area contributed by atoms with Gasteiger partial charge < -0.3 is 15.4 Å². The predicted molar refractivity (Wildman–Crippen MR) is 129 cm³/mol. The van der Waals surface area contributed by atoms with Crippen LogP contribution in [0.15, 0.2) is 9.59 Å². The van der Waals surface area contributed by atoms with Gasteiger partial charge in [0, 0.05) is 26.2 Å². The second-order valence-corrected chi connectivity index (χ2v) is 8.90. The number of carbonyl (C=O) groups excluding carboxylic acids is 1. The first-order chi connectivity index (χ1) is 18.5. The van der Waals surface area contributed by atoms with E-state index in [1.807, 2.05) is 4.90 Å². The zero-order valence-corrected chi connectivity index (χ0v) is 20.9. The van der Waals surface area contributed by atoms with Gasteiger partial charge in [0.1, 0.15) is 6.61 Å². The van der Waals surface area contributed by atoms with Gasteiger partial charge in [-0.3, -0.25) is 23.3 Å². The van der Waals surface area contributed by atoms with Gasteiger partial charge >= 0.3 is 5.69 Å².